The highest BCUT2D eigenvalue weighted by atomic mass is 35.5. The Balaban J connectivity index is 2.32. The maximum Gasteiger partial charge on any atom is 0.274 e. The zero-order valence-electron chi connectivity index (χ0n) is 10.3. The van der Waals surface area contributed by atoms with Crippen molar-refractivity contribution in [3.63, 3.8) is 0 Å². The Bertz CT molecular complexity index is 613. The molecule has 2 aromatic carbocycles. The fourth-order valence-electron chi connectivity index (χ4n) is 1.71. The maximum absolute atomic E-state index is 10.8. The Labute approximate surface area is 115 Å². The summed E-state index contributed by atoms with van der Waals surface area (Å²) in [5.74, 6) is 1.33. The molecule has 0 saturated heterocycles. The standard InChI is InChI=1S/C14H12ClNO3/c1-10-4-2-3-5-14(10)19-12-6-7-13(16(17)18)11(8-12)9-15/h2-8H,9H2,1H3. The van der Waals surface area contributed by atoms with Gasteiger partial charge in [0.25, 0.3) is 5.69 Å². The van der Waals surface area contributed by atoms with Crippen molar-refractivity contribution in [2.45, 2.75) is 12.8 Å². The second kappa shape index (κ2) is 5.71. The molecule has 0 bridgehead atoms. The number of nitro benzene ring substituents is 1. The van der Waals surface area contributed by atoms with Gasteiger partial charge in [0.1, 0.15) is 11.5 Å². The van der Waals surface area contributed by atoms with Crippen LogP contribution in [-0.4, -0.2) is 4.92 Å². The predicted octanol–water partition coefficient (Wildman–Crippen LogP) is 4.43. The van der Waals surface area contributed by atoms with Crippen LogP contribution >= 0.6 is 11.6 Å². The van der Waals surface area contributed by atoms with E-state index in [2.05, 4.69) is 0 Å². The minimum Gasteiger partial charge on any atom is -0.457 e. The van der Waals surface area contributed by atoms with Crippen LogP contribution in [0.2, 0.25) is 0 Å². The Morgan fingerprint density at radius 2 is 2.00 bits per heavy atom. The first kappa shape index (κ1) is 13.4. The number of nitro groups is 1. The van der Waals surface area contributed by atoms with E-state index in [1.54, 1.807) is 12.1 Å². The molecule has 0 fully saturated rings. The molecule has 0 radical (unpaired) electrons. The van der Waals surface area contributed by atoms with Gasteiger partial charge in [0.05, 0.1) is 10.8 Å². The van der Waals surface area contributed by atoms with Crippen LogP contribution in [0.25, 0.3) is 0 Å². The van der Waals surface area contributed by atoms with Gasteiger partial charge in [-0.3, -0.25) is 10.1 Å². The third-order valence-electron chi connectivity index (χ3n) is 2.71. The largest absolute Gasteiger partial charge is 0.457 e. The number of hydrogen-bond acceptors (Lipinski definition) is 3. The quantitative estimate of drug-likeness (QED) is 0.472. The minimum absolute atomic E-state index is 0.00661. The van der Waals surface area contributed by atoms with Gasteiger partial charge in [-0.1, -0.05) is 18.2 Å². The van der Waals surface area contributed by atoms with Gasteiger partial charge in [-0.05, 0) is 30.7 Å². The molecule has 0 spiro atoms. The first-order valence-electron chi connectivity index (χ1n) is 5.68. The van der Waals surface area contributed by atoms with E-state index >= 15 is 0 Å². The molecule has 2 aromatic rings. The van der Waals surface area contributed by atoms with Crippen LogP contribution in [0.15, 0.2) is 42.5 Å². The first-order valence-corrected chi connectivity index (χ1v) is 6.22. The van der Waals surface area contributed by atoms with E-state index in [0.717, 1.165) is 11.3 Å². The summed E-state index contributed by atoms with van der Waals surface area (Å²) in [5, 5.41) is 10.8. The number of rotatable bonds is 4. The molecule has 0 heterocycles. The van der Waals surface area contributed by atoms with Crippen molar-refractivity contribution in [2.24, 2.45) is 0 Å². The van der Waals surface area contributed by atoms with Gasteiger partial charge < -0.3 is 4.74 Å². The summed E-state index contributed by atoms with van der Waals surface area (Å²) in [4.78, 5) is 10.4. The lowest BCUT2D eigenvalue weighted by atomic mass is 10.2. The van der Waals surface area contributed by atoms with Crippen LogP contribution < -0.4 is 4.74 Å². The van der Waals surface area contributed by atoms with Gasteiger partial charge in [0.15, 0.2) is 0 Å². The fraction of sp³-hybridized carbons (Fsp3) is 0.143. The summed E-state index contributed by atoms with van der Waals surface area (Å²) in [6.45, 7) is 1.93. The fourth-order valence-corrected chi connectivity index (χ4v) is 1.92. The van der Waals surface area contributed by atoms with Crippen LogP contribution in [0.4, 0.5) is 5.69 Å². The minimum atomic E-state index is -0.449. The number of hydrogen-bond donors (Lipinski definition) is 0. The van der Waals surface area contributed by atoms with Gasteiger partial charge in [-0.25, -0.2) is 0 Å². The molecule has 2 rings (SSSR count). The topological polar surface area (TPSA) is 52.4 Å². The monoisotopic (exact) mass is 277 g/mol. The summed E-state index contributed by atoms with van der Waals surface area (Å²) >= 11 is 5.72. The highest BCUT2D eigenvalue weighted by Gasteiger charge is 2.14. The van der Waals surface area contributed by atoms with E-state index < -0.39 is 4.92 Å². The smallest absolute Gasteiger partial charge is 0.274 e. The molecule has 0 unspecified atom stereocenters. The van der Waals surface area contributed by atoms with Crippen LogP contribution in [0.1, 0.15) is 11.1 Å². The molecule has 0 aliphatic carbocycles. The molecule has 19 heavy (non-hydrogen) atoms. The number of para-hydroxylation sites is 1. The van der Waals surface area contributed by atoms with E-state index in [9.17, 15) is 10.1 Å². The highest BCUT2D eigenvalue weighted by Crippen LogP contribution is 2.29. The van der Waals surface area contributed by atoms with Crippen LogP contribution in [0.3, 0.4) is 0 Å². The summed E-state index contributed by atoms with van der Waals surface area (Å²) in [7, 11) is 0. The van der Waals surface area contributed by atoms with E-state index in [4.69, 9.17) is 16.3 Å². The number of halogens is 1. The van der Waals surface area contributed by atoms with Gasteiger partial charge in [0.2, 0.25) is 0 Å². The molecule has 0 aromatic heterocycles. The van der Waals surface area contributed by atoms with Gasteiger partial charge in [-0.2, -0.15) is 0 Å². The molecule has 5 heteroatoms. The molecule has 0 atom stereocenters. The van der Waals surface area contributed by atoms with Crippen LogP contribution in [0, 0.1) is 17.0 Å². The summed E-state index contributed by atoms with van der Waals surface area (Å²) in [6.07, 6.45) is 0. The van der Waals surface area contributed by atoms with E-state index in [1.165, 1.54) is 6.07 Å². The van der Waals surface area contributed by atoms with Gasteiger partial charge in [0, 0.05) is 11.6 Å². The van der Waals surface area contributed by atoms with E-state index in [1.807, 2.05) is 31.2 Å². The molecule has 0 N–H and O–H groups in total. The molecule has 4 nitrogen and oxygen atoms in total. The van der Waals surface area contributed by atoms with Crippen molar-refractivity contribution in [2.75, 3.05) is 0 Å². The predicted molar refractivity (Wildman–Crippen MR) is 73.9 cm³/mol. The lowest BCUT2D eigenvalue weighted by Crippen LogP contribution is -1.95. The zero-order valence-corrected chi connectivity index (χ0v) is 11.1. The molecule has 0 aliphatic rings. The number of ether oxygens (including phenoxy) is 1. The average molecular weight is 278 g/mol. The number of benzene rings is 2. The SMILES string of the molecule is Cc1ccccc1Oc1ccc([N+](=O)[O-])c(CCl)c1. The lowest BCUT2D eigenvalue weighted by molar-refractivity contribution is -0.385. The normalized spacial score (nSPS) is 10.2. The highest BCUT2D eigenvalue weighted by molar-refractivity contribution is 6.17. The van der Waals surface area contributed by atoms with Crippen molar-refractivity contribution in [3.8, 4) is 11.5 Å². The Morgan fingerprint density at radius 1 is 1.26 bits per heavy atom. The third-order valence-corrected chi connectivity index (χ3v) is 3.00. The number of nitrogens with zero attached hydrogens (tertiary/aromatic N) is 1. The van der Waals surface area contributed by atoms with E-state index in [-0.39, 0.29) is 11.6 Å². The third kappa shape index (κ3) is 3.03. The van der Waals surface area contributed by atoms with Crippen molar-refractivity contribution in [3.05, 3.63) is 63.7 Å². The lowest BCUT2D eigenvalue weighted by Gasteiger charge is -2.09. The average Bonchev–Trinajstić information content (AvgIpc) is 2.41. The summed E-state index contributed by atoms with van der Waals surface area (Å²) < 4.78 is 5.71. The maximum atomic E-state index is 10.8. The van der Waals surface area contributed by atoms with Gasteiger partial charge in [-0.15, -0.1) is 11.6 Å². The first-order chi connectivity index (χ1) is 9.11. The van der Waals surface area contributed by atoms with Crippen LogP contribution in [-0.2, 0) is 5.88 Å². The summed E-state index contributed by atoms with van der Waals surface area (Å²) in [5.41, 5.74) is 1.44. The van der Waals surface area contributed by atoms with Crippen molar-refractivity contribution in [1.29, 1.82) is 0 Å². The molecule has 0 amide bonds. The molecule has 0 saturated carbocycles. The Hall–Kier alpha value is -2.07. The molecular weight excluding hydrogens is 266 g/mol. The summed E-state index contributed by atoms with van der Waals surface area (Å²) in [6, 6.07) is 12.1. The second-order valence-corrected chi connectivity index (χ2v) is 4.32. The second-order valence-electron chi connectivity index (χ2n) is 4.05. The van der Waals surface area contributed by atoms with Crippen molar-refractivity contribution >= 4 is 17.3 Å². The number of alkyl halides is 1. The zero-order chi connectivity index (χ0) is 13.8. The molecule has 0 aliphatic heterocycles. The van der Waals surface area contributed by atoms with E-state index in [0.29, 0.717) is 11.3 Å². The van der Waals surface area contributed by atoms with Crippen molar-refractivity contribution in [1.82, 2.24) is 0 Å². The molecule has 98 valence electrons. The van der Waals surface area contributed by atoms with Crippen molar-refractivity contribution < 1.29 is 9.66 Å². The Kier molecular flexibility index (Phi) is 4.02. The Morgan fingerprint density at radius 3 is 2.63 bits per heavy atom. The number of aryl methyl sites for hydroxylation is 1. The van der Waals surface area contributed by atoms with Crippen LogP contribution in [0.5, 0.6) is 11.5 Å². The van der Waals surface area contributed by atoms with Gasteiger partial charge >= 0.3 is 0 Å². The molecular formula is C14H12ClNO3.